The number of carbonyl (C=O) groups is 1. The molecule has 0 fully saturated rings. The lowest BCUT2D eigenvalue weighted by molar-refractivity contribution is -0.153. The van der Waals surface area contributed by atoms with Crippen LogP contribution in [0.25, 0.3) is 10.9 Å². The predicted octanol–water partition coefficient (Wildman–Crippen LogP) is 2.19. The third-order valence-electron chi connectivity index (χ3n) is 2.47. The van der Waals surface area contributed by atoms with Crippen molar-refractivity contribution in [3.8, 4) is 0 Å². The topological polar surface area (TPSA) is 61.2 Å². The molecule has 100 valence electrons. The quantitative estimate of drug-likeness (QED) is 0.810. The molecule has 0 amide bonds. The minimum Gasteiger partial charge on any atom is -0.462 e. The summed E-state index contributed by atoms with van der Waals surface area (Å²) in [7, 11) is 0. The Bertz CT molecular complexity index is 686. The molecule has 0 aliphatic carbocycles. The zero-order valence-electron chi connectivity index (χ0n) is 9.97. The summed E-state index contributed by atoms with van der Waals surface area (Å²) in [5, 5.41) is 0.226. The molecule has 19 heavy (non-hydrogen) atoms. The first-order chi connectivity index (χ1) is 9.04. The van der Waals surface area contributed by atoms with E-state index in [0.717, 1.165) is 6.33 Å². The van der Waals surface area contributed by atoms with E-state index < -0.39 is 17.8 Å². The third-order valence-corrected chi connectivity index (χ3v) is 2.96. The number of fused-ring (bicyclic) bond motifs is 1. The van der Waals surface area contributed by atoms with Gasteiger partial charge in [0.2, 0.25) is 0 Å². The number of hydrogen-bond donors (Lipinski definition) is 0. The van der Waals surface area contributed by atoms with Crippen LogP contribution in [0.5, 0.6) is 0 Å². The van der Waals surface area contributed by atoms with Crippen molar-refractivity contribution in [3.05, 3.63) is 39.4 Å². The highest BCUT2D eigenvalue weighted by Crippen LogP contribution is 2.16. The van der Waals surface area contributed by atoms with E-state index in [1.807, 2.05) is 0 Å². The molecule has 1 atom stereocenters. The smallest absolute Gasteiger partial charge is 0.362 e. The van der Waals surface area contributed by atoms with Gasteiger partial charge >= 0.3 is 5.97 Å². The first-order valence-corrected chi connectivity index (χ1v) is 6.31. The van der Waals surface area contributed by atoms with Crippen LogP contribution in [-0.4, -0.2) is 22.1 Å². The van der Waals surface area contributed by atoms with Gasteiger partial charge in [-0.25, -0.2) is 14.2 Å². The van der Waals surface area contributed by atoms with E-state index in [0.29, 0.717) is 14.6 Å². The second kappa shape index (κ2) is 5.48. The highest BCUT2D eigenvalue weighted by atomic mass is 79.9. The second-order valence-corrected chi connectivity index (χ2v) is 4.62. The molecular weight excluding hydrogens is 319 g/mol. The SMILES string of the molecule is CCOC(=O)C(F)n1cnc2ccc(Br)cc2c1=O. The molecule has 1 heterocycles. The fraction of sp³-hybridized carbons (Fsp3) is 0.250. The van der Waals surface area contributed by atoms with Crippen LogP contribution in [0.3, 0.4) is 0 Å². The zero-order valence-corrected chi connectivity index (χ0v) is 11.6. The van der Waals surface area contributed by atoms with Gasteiger partial charge in [0.15, 0.2) is 0 Å². The molecule has 1 aromatic carbocycles. The molecular formula is C12H10BrFN2O3. The zero-order chi connectivity index (χ0) is 14.0. The maximum absolute atomic E-state index is 13.8. The van der Waals surface area contributed by atoms with Crippen molar-refractivity contribution < 1.29 is 13.9 Å². The van der Waals surface area contributed by atoms with E-state index in [1.165, 1.54) is 6.07 Å². The Morgan fingerprint density at radius 3 is 3.00 bits per heavy atom. The molecule has 1 aromatic heterocycles. The van der Waals surface area contributed by atoms with Crippen LogP contribution in [0.2, 0.25) is 0 Å². The Kier molecular flexibility index (Phi) is 3.94. The number of rotatable bonds is 3. The number of carbonyl (C=O) groups excluding carboxylic acids is 1. The molecule has 0 aliphatic rings. The molecule has 2 rings (SSSR count). The largest absolute Gasteiger partial charge is 0.462 e. The lowest BCUT2D eigenvalue weighted by Crippen LogP contribution is -2.28. The molecule has 2 aromatic rings. The van der Waals surface area contributed by atoms with Crippen LogP contribution < -0.4 is 5.56 Å². The van der Waals surface area contributed by atoms with Crippen molar-refractivity contribution in [3.63, 3.8) is 0 Å². The van der Waals surface area contributed by atoms with Gasteiger partial charge in [-0.05, 0) is 25.1 Å². The summed E-state index contributed by atoms with van der Waals surface area (Å²) in [4.78, 5) is 27.3. The average molecular weight is 329 g/mol. The van der Waals surface area contributed by atoms with Gasteiger partial charge in [0.1, 0.15) is 6.33 Å². The van der Waals surface area contributed by atoms with Crippen LogP contribution >= 0.6 is 15.9 Å². The van der Waals surface area contributed by atoms with Gasteiger partial charge in [-0.2, -0.15) is 0 Å². The summed E-state index contributed by atoms with van der Waals surface area (Å²) in [5.41, 5.74) is -0.202. The molecule has 0 saturated heterocycles. The molecule has 5 nitrogen and oxygen atoms in total. The van der Waals surface area contributed by atoms with Crippen molar-refractivity contribution in [2.24, 2.45) is 0 Å². The Morgan fingerprint density at radius 1 is 1.58 bits per heavy atom. The van der Waals surface area contributed by atoms with Crippen molar-refractivity contribution in [1.29, 1.82) is 0 Å². The standard InChI is InChI=1S/C12H10BrFN2O3/c1-2-19-12(18)10(14)16-6-15-9-4-3-7(13)5-8(9)11(16)17/h3-6,10H,2H2,1H3. The lowest BCUT2D eigenvalue weighted by Gasteiger charge is -2.10. The molecule has 7 heteroatoms. The van der Waals surface area contributed by atoms with E-state index in [2.05, 4.69) is 25.7 Å². The molecule has 0 spiro atoms. The molecule has 0 saturated carbocycles. The third kappa shape index (κ3) is 2.65. The van der Waals surface area contributed by atoms with E-state index in [4.69, 9.17) is 0 Å². The van der Waals surface area contributed by atoms with Gasteiger partial charge < -0.3 is 4.74 Å². The van der Waals surface area contributed by atoms with Crippen molar-refractivity contribution in [2.75, 3.05) is 6.61 Å². The Balaban J connectivity index is 2.53. The summed E-state index contributed by atoms with van der Waals surface area (Å²) in [6, 6.07) is 4.87. The van der Waals surface area contributed by atoms with E-state index in [9.17, 15) is 14.0 Å². The summed E-state index contributed by atoms with van der Waals surface area (Å²) in [5.74, 6) is -1.11. The summed E-state index contributed by atoms with van der Waals surface area (Å²) in [6.45, 7) is 1.60. The van der Waals surface area contributed by atoms with Crippen LogP contribution in [0, 0.1) is 0 Å². The van der Waals surface area contributed by atoms with Gasteiger partial charge in [0.25, 0.3) is 11.9 Å². The number of aromatic nitrogens is 2. The predicted molar refractivity (Wildman–Crippen MR) is 70.5 cm³/mol. The Labute approximate surface area is 116 Å². The van der Waals surface area contributed by atoms with E-state index >= 15 is 0 Å². The number of hydrogen-bond acceptors (Lipinski definition) is 4. The molecule has 0 aliphatic heterocycles. The number of halogens is 2. The van der Waals surface area contributed by atoms with Gasteiger partial charge in [0.05, 0.1) is 17.5 Å². The van der Waals surface area contributed by atoms with Crippen LogP contribution in [0.15, 0.2) is 33.8 Å². The number of ether oxygens (including phenoxy) is 1. The number of benzene rings is 1. The minimum atomic E-state index is -2.19. The first kappa shape index (κ1) is 13.7. The Morgan fingerprint density at radius 2 is 2.32 bits per heavy atom. The first-order valence-electron chi connectivity index (χ1n) is 5.51. The van der Waals surface area contributed by atoms with Gasteiger partial charge in [-0.15, -0.1) is 0 Å². The molecule has 0 N–H and O–H groups in total. The number of esters is 1. The van der Waals surface area contributed by atoms with Crippen LogP contribution in [-0.2, 0) is 9.53 Å². The normalized spacial score (nSPS) is 12.4. The maximum atomic E-state index is 13.8. The molecule has 1 unspecified atom stereocenters. The van der Waals surface area contributed by atoms with Crippen LogP contribution in [0.1, 0.15) is 13.2 Å². The monoisotopic (exact) mass is 328 g/mol. The Hall–Kier alpha value is -1.76. The lowest BCUT2D eigenvalue weighted by atomic mass is 10.2. The van der Waals surface area contributed by atoms with Crippen molar-refractivity contribution >= 4 is 32.8 Å². The fourth-order valence-electron chi connectivity index (χ4n) is 1.59. The van der Waals surface area contributed by atoms with Gasteiger partial charge in [-0.3, -0.25) is 9.36 Å². The minimum absolute atomic E-state index is 0.0422. The maximum Gasteiger partial charge on any atom is 0.362 e. The fourth-order valence-corrected chi connectivity index (χ4v) is 1.96. The molecule has 0 radical (unpaired) electrons. The number of alkyl halides is 1. The van der Waals surface area contributed by atoms with Gasteiger partial charge in [0, 0.05) is 4.47 Å². The highest BCUT2D eigenvalue weighted by molar-refractivity contribution is 9.10. The summed E-state index contributed by atoms with van der Waals surface area (Å²) >= 11 is 3.22. The second-order valence-electron chi connectivity index (χ2n) is 3.71. The average Bonchev–Trinajstić information content (AvgIpc) is 2.39. The number of nitrogens with zero attached hydrogens (tertiary/aromatic N) is 2. The summed E-state index contributed by atoms with van der Waals surface area (Å²) in [6.07, 6.45) is -1.19. The van der Waals surface area contributed by atoms with E-state index in [-0.39, 0.29) is 12.0 Å². The summed E-state index contributed by atoms with van der Waals surface area (Å²) < 4.78 is 19.7. The van der Waals surface area contributed by atoms with Crippen LogP contribution in [0.4, 0.5) is 4.39 Å². The highest BCUT2D eigenvalue weighted by Gasteiger charge is 2.22. The van der Waals surface area contributed by atoms with Crippen molar-refractivity contribution in [1.82, 2.24) is 9.55 Å². The molecule has 0 bridgehead atoms. The van der Waals surface area contributed by atoms with E-state index in [1.54, 1.807) is 19.1 Å². The van der Waals surface area contributed by atoms with Crippen molar-refractivity contribution in [2.45, 2.75) is 13.2 Å². The van der Waals surface area contributed by atoms with Gasteiger partial charge in [-0.1, -0.05) is 15.9 Å².